The van der Waals surface area contributed by atoms with E-state index in [1.807, 2.05) is 0 Å². The molecule has 5 nitrogen and oxygen atoms in total. The van der Waals surface area contributed by atoms with Gasteiger partial charge in [-0.05, 0) is 23.8 Å². The number of non-ortho nitro benzene ring substituents is 1. The lowest BCUT2D eigenvalue weighted by atomic mass is 10.2. The first-order chi connectivity index (χ1) is 9.60. The van der Waals surface area contributed by atoms with Crippen molar-refractivity contribution in [2.75, 3.05) is 0 Å². The van der Waals surface area contributed by atoms with E-state index in [0.29, 0.717) is 23.2 Å². The summed E-state index contributed by atoms with van der Waals surface area (Å²) in [6, 6.07) is 11.3. The second-order valence-electron chi connectivity index (χ2n) is 4.02. The zero-order chi connectivity index (χ0) is 14.5. The number of carbonyl (C=O) groups excluding carboxylic acids is 1. The third-order valence-electron chi connectivity index (χ3n) is 2.61. The smallest absolute Gasteiger partial charge is 0.269 e. The van der Waals surface area contributed by atoms with E-state index in [1.165, 1.54) is 12.1 Å². The van der Waals surface area contributed by atoms with Crippen LogP contribution in [0.5, 0.6) is 5.75 Å². The maximum absolute atomic E-state index is 10.9. The van der Waals surface area contributed by atoms with Crippen LogP contribution in [0.1, 0.15) is 15.9 Å². The topological polar surface area (TPSA) is 69.4 Å². The molecule has 20 heavy (non-hydrogen) atoms. The Morgan fingerprint density at radius 1 is 1.25 bits per heavy atom. The van der Waals surface area contributed by atoms with Gasteiger partial charge >= 0.3 is 0 Å². The molecule has 2 aromatic carbocycles. The van der Waals surface area contributed by atoms with Crippen LogP contribution in [0.2, 0.25) is 0 Å². The standard InChI is InChI=1S/C14H10BrNO4/c15-12-4-5-14(11(7-12)8-17)20-9-10-2-1-3-13(6-10)16(18)19/h1-8H,9H2. The first-order valence-corrected chi connectivity index (χ1v) is 6.50. The quantitative estimate of drug-likeness (QED) is 0.474. The third-order valence-corrected chi connectivity index (χ3v) is 3.11. The monoisotopic (exact) mass is 335 g/mol. The van der Waals surface area contributed by atoms with E-state index in [2.05, 4.69) is 15.9 Å². The molecule has 0 saturated carbocycles. The van der Waals surface area contributed by atoms with Crippen molar-refractivity contribution in [3.63, 3.8) is 0 Å². The zero-order valence-corrected chi connectivity index (χ0v) is 11.9. The Morgan fingerprint density at radius 3 is 2.75 bits per heavy atom. The molecule has 0 unspecified atom stereocenters. The highest BCUT2D eigenvalue weighted by atomic mass is 79.9. The molecule has 0 aliphatic rings. The molecule has 102 valence electrons. The van der Waals surface area contributed by atoms with Gasteiger partial charge in [0.15, 0.2) is 6.29 Å². The molecule has 2 rings (SSSR count). The minimum atomic E-state index is -0.458. The van der Waals surface area contributed by atoms with Crippen molar-refractivity contribution in [2.24, 2.45) is 0 Å². The fourth-order valence-electron chi connectivity index (χ4n) is 1.66. The van der Waals surface area contributed by atoms with Crippen molar-refractivity contribution in [1.29, 1.82) is 0 Å². The van der Waals surface area contributed by atoms with Crippen LogP contribution >= 0.6 is 15.9 Å². The predicted molar refractivity (Wildman–Crippen MR) is 77.0 cm³/mol. The van der Waals surface area contributed by atoms with Crippen LogP contribution in [-0.4, -0.2) is 11.2 Å². The maximum Gasteiger partial charge on any atom is 0.269 e. The molecule has 0 saturated heterocycles. The highest BCUT2D eigenvalue weighted by Crippen LogP contribution is 2.23. The van der Waals surface area contributed by atoms with Gasteiger partial charge in [0, 0.05) is 16.6 Å². The van der Waals surface area contributed by atoms with Crippen molar-refractivity contribution in [2.45, 2.75) is 6.61 Å². The van der Waals surface area contributed by atoms with Crippen LogP contribution in [0.25, 0.3) is 0 Å². The lowest BCUT2D eigenvalue weighted by Gasteiger charge is -2.08. The minimum Gasteiger partial charge on any atom is -0.488 e. The molecule has 0 aromatic heterocycles. The molecular weight excluding hydrogens is 326 g/mol. The SMILES string of the molecule is O=Cc1cc(Br)ccc1OCc1cccc([N+](=O)[O-])c1. The maximum atomic E-state index is 10.9. The molecule has 2 aromatic rings. The summed E-state index contributed by atoms with van der Waals surface area (Å²) in [7, 11) is 0. The summed E-state index contributed by atoms with van der Waals surface area (Å²) in [6.45, 7) is 0.157. The van der Waals surface area contributed by atoms with Crippen LogP contribution in [0.15, 0.2) is 46.9 Å². The largest absolute Gasteiger partial charge is 0.488 e. The van der Waals surface area contributed by atoms with E-state index in [0.717, 1.165) is 4.47 Å². The van der Waals surface area contributed by atoms with Gasteiger partial charge in [-0.25, -0.2) is 0 Å². The number of nitrogens with zero attached hydrogens (tertiary/aromatic N) is 1. The number of nitro groups is 1. The molecule has 0 radical (unpaired) electrons. The molecule has 0 bridgehead atoms. The number of benzene rings is 2. The molecule has 0 aliphatic carbocycles. The molecule has 0 aliphatic heterocycles. The van der Waals surface area contributed by atoms with Gasteiger partial charge in [0.05, 0.1) is 10.5 Å². The number of hydrogen-bond donors (Lipinski definition) is 0. The first-order valence-electron chi connectivity index (χ1n) is 5.71. The lowest BCUT2D eigenvalue weighted by molar-refractivity contribution is -0.384. The summed E-state index contributed by atoms with van der Waals surface area (Å²) in [5.74, 6) is 0.440. The number of nitro benzene ring substituents is 1. The Bertz CT molecular complexity index is 657. The van der Waals surface area contributed by atoms with Crippen molar-refractivity contribution >= 4 is 27.9 Å². The summed E-state index contributed by atoms with van der Waals surface area (Å²) >= 11 is 3.27. The first kappa shape index (κ1) is 14.2. The Hall–Kier alpha value is -2.21. The van der Waals surface area contributed by atoms with E-state index < -0.39 is 4.92 Å². The number of aldehydes is 1. The summed E-state index contributed by atoms with van der Waals surface area (Å²) in [6.07, 6.45) is 0.702. The number of hydrogen-bond acceptors (Lipinski definition) is 4. The van der Waals surface area contributed by atoms with Gasteiger partial charge < -0.3 is 4.74 Å². The highest BCUT2D eigenvalue weighted by Gasteiger charge is 2.08. The Morgan fingerprint density at radius 2 is 2.05 bits per heavy atom. The fourth-order valence-corrected chi connectivity index (χ4v) is 2.04. The summed E-state index contributed by atoms with van der Waals surface area (Å²) in [4.78, 5) is 21.2. The summed E-state index contributed by atoms with van der Waals surface area (Å²) in [5.41, 5.74) is 1.10. The molecule has 0 spiro atoms. The molecule has 6 heteroatoms. The number of rotatable bonds is 5. The van der Waals surface area contributed by atoms with Crippen LogP contribution in [0.3, 0.4) is 0 Å². The van der Waals surface area contributed by atoms with Gasteiger partial charge in [-0.2, -0.15) is 0 Å². The third kappa shape index (κ3) is 3.42. The second-order valence-corrected chi connectivity index (χ2v) is 4.93. The van der Waals surface area contributed by atoms with Gasteiger partial charge in [-0.3, -0.25) is 14.9 Å². The van der Waals surface area contributed by atoms with Crippen LogP contribution in [-0.2, 0) is 6.61 Å². The van der Waals surface area contributed by atoms with E-state index >= 15 is 0 Å². The van der Waals surface area contributed by atoms with E-state index in [-0.39, 0.29) is 12.3 Å². The summed E-state index contributed by atoms with van der Waals surface area (Å²) < 4.78 is 6.31. The van der Waals surface area contributed by atoms with Gasteiger partial charge in [-0.1, -0.05) is 28.1 Å². The van der Waals surface area contributed by atoms with Gasteiger partial charge in [0.1, 0.15) is 12.4 Å². The predicted octanol–water partition coefficient (Wildman–Crippen LogP) is 3.75. The molecule has 0 heterocycles. The van der Waals surface area contributed by atoms with Crippen molar-refractivity contribution < 1.29 is 14.5 Å². The molecule has 0 atom stereocenters. The highest BCUT2D eigenvalue weighted by molar-refractivity contribution is 9.10. The van der Waals surface area contributed by atoms with Gasteiger partial charge in [-0.15, -0.1) is 0 Å². The van der Waals surface area contributed by atoms with Gasteiger partial charge in [0.25, 0.3) is 5.69 Å². The average Bonchev–Trinajstić information content (AvgIpc) is 2.46. The molecule has 0 fully saturated rings. The summed E-state index contributed by atoms with van der Waals surface area (Å²) in [5, 5.41) is 10.7. The Balaban J connectivity index is 2.14. The normalized spacial score (nSPS) is 10.1. The van der Waals surface area contributed by atoms with E-state index in [4.69, 9.17) is 4.74 Å². The average molecular weight is 336 g/mol. The van der Waals surface area contributed by atoms with Crippen LogP contribution in [0.4, 0.5) is 5.69 Å². The molecular formula is C14H10BrNO4. The second kappa shape index (κ2) is 6.29. The fraction of sp³-hybridized carbons (Fsp3) is 0.0714. The van der Waals surface area contributed by atoms with E-state index in [1.54, 1.807) is 30.3 Å². The van der Waals surface area contributed by atoms with Gasteiger partial charge in [0.2, 0.25) is 0 Å². The van der Waals surface area contributed by atoms with Crippen molar-refractivity contribution in [3.8, 4) is 5.75 Å². The number of carbonyl (C=O) groups is 1. The lowest BCUT2D eigenvalue weighted by Crippen LogP contribution is -1.99. The zero-order valence-electron chi connectivity index (χ0n) is 10.3. The minimum absolute atomic E-state index is 0.0116. The molecule has 0 N–H and O–H groups in total. The molecule has 0 amide bonds. The van der Waals surface area contributed by atoms with E-state index in [9.17, 15) is 14.9 Å². The Labute approximate surface area is 123 Å². The Kier molecular flexibility index (Phi) is 4.47. The number of ether oxygens (including phenoxy) is 1. The number of halogens is 1. The van der Waals surface area contributed by atoms with Crippen molar-refractivity contribution in [1.82, 2.24) is 0 Å². The van der Waals surface area contributed by atoms with Crippen molar-refractivity contribution in [3.05, 3.63) is 68.2 Å². The van der Waals surface area contributed by atoms with Crippen LogP contribution in [0, 0.1) is 10.1 Å². The van der Waals surface area contributed by atoms with Crippen LogP contribution < -0.4 is 4.74 Å².